The van der Waals surface area contributed by atoms with Gasteiger partial charge in [0.1, 0.15) is 0 Å². The molecule has 4 nitrogen and oxygen atoms in total. The largest absolute Gasteiger partial charge is 0.330 e. The average molecular weight is 271 g/mol. The van der Waals surface area contributed by atoms with Gasteiger partial charge in [0, 0.05) is 11.1 Å². The van der Waals surface area contributed by atoms with E-state index in [1.54, 1.807) is 0 Å². The van der Waals surface area contributed by atoms with Crippen LogP contribution in [0.2, 0.25) is 0 Å². The number of nitrogens with one attached hydrogen (secondary N) is 2. The van der Waals surface area contributed by atoms with Crippen molar-refractivity contribution in [1.29, 1.82) is 0 Å². The Morgan fingerprint density at radius 2 is 1.85 bits per heavy atom. The molecule has 0 bridgehead atoms. The van der Waals surface area contributed by atoms with Crippen molar-refractivity contribution in [2.75, 3.05) is 25.0 Å². The van der Waals surface area contributed by atoms with Gasteiger partial charge >= 0.3 is 0 Å². The van der Waals surface area contributed by atoms with Crippen LogP contribution < -0.4 is 16.4 Å². The Morgan fingerprint density at radius 1 is 1.05 bits per heavy atom. The summed E-state index contributed by atoms with van der Waals surface area (Å²) < 4.78 is 0. The minimum absolute atomic E-state index is 0.0194. The molecule has 106 valence electrons. The molecule has 4 N–H and O–H groups in total. The SMILES string of the molecule is NCCCCNCC(=O)Nc1cccc2ccccc12. The monoisotopic (exact) mass is 271 g/mol. The van der Waals surface area contributed by atoms with Crippen LogP contribution >= 0.6 is 0 Å². The standard InChI is InChI=1S/C16H21N3O/c17-10-3-4-11-18-12-16(20)19-15-9-5-7-13-6-1-2-8-14(13)15/h1-2,5-9,18H,3-4,10-12,17H2,(H,19,20). The maximum absolute atomic E-state index is 11.9. The maximum Gasteiger partial charge on any atom is 0.238 e. The number of carbonyl (C=O) groups is 1. The van der Waals surface area contributed by atoms with E-state index in [0.717, 1.165) is 35.8 Å². The van der Waals surface area contributed by atoms with Crippen molar-refractivity contribution in [3.05, 3.63) is 42.5 Å². The van der Waals surface area contributed by atoms with Crippen LogP contribution in [-0.2, 0) is 4.79 Å². The molecule has 0 heterocycles. The van der Waals surface area contributed by atoms with Gasteiger partial charge < -0.3 is 16.4 Å². The van der Waals surface area contributed by atoms with E-state index in [1.165, 1.54) is 0 Å². The number of anilines is 1. The van der Waals surface area contributed by atoms with Crippen LogP contribution in [0, 0.1) is 0 Å². The van der Waals surface area contributed by atoms with Gasteiger partial charge in [-0.1, -0.05) is 36.4 Å². The van der Waals surface area contributed by atoms with E-state index >= 15 is 0 Å². The fraction of sp³-hybridized carbons (Fsp3) is 0.312. The lowest BCUT2D eigenvalue weighted by molar-refractivity contribution is -0.115. The normalized spacial score (nSPS) is 10.7. The highest BCUT2D eigenvalue weighted by molar-refractivity contribution is 6.02. The summed E-state index contributed by atoms with van der Waals surface area (Å²) in [6, 6.07) is 13.9. The van der Waals surface area contributed by atoms with Gasteiger partial charge in [-0.15, -0.1) is 0 Å². The molecule has 1 amide bonds. The second kappa shape index (κ2) is 7.62. The lowest BCUT2D eigenvalue weighted by Crippen LogP contribution is -2.29. The summed E-state index contributed by atoms with van der Waals surface area (Å²) in [7, 11) is 0. The van der Waals surface area contributed by atoms with Gasteiger partial charge in [0.05, 0.1) is 6.54 Å². The first-order valence-electron chi connectivity index (χ1n) is 6.99. The van der Waals surface area contributed by atoms with Gasteiger partial charge in [0.2, 0.25) is 5.91 Å². The zero-order valence-electron chi connectivity index (χ0n) is 11.6. The number of benzene rings is 2. The summed E-state index contributed by atoms with van der Waals surface area (Å²) in [6.07, 6.45) is 1.98. The Balaban J connectivity index is 1.90. The molecule has 0 spiro atoms. The molecular formula is C16H21N3O. The van der Waals surface area contributed by atoms with E-state index in [4.69, 9.17) is 5.73 Å². The number of unbranched alkanes of at least 4 members (excludes halogenated alkanes) is 1. The number of carbonyl (C=O) groups excluding carboxylic acids is 1. The molecule has 4 heteroatoms. The summed E-state index contributed by atoms with van der Waals surface area (Å²) in [4.78, 5) is 11.9. The number of hydrogen-bond donors (Lipinski definition) is 3. The Hall–Kier alpha value is -1.91. The van der Waals surface area contributed by atoms with Crippen molar-refractivity contribution >= 4 is 22.4 Å². The van der Waals surface area contributed by atoms with E-state index in [1.807, 2.05) is 42.5 Å². The van der Waals surface area contributed by atoms with Gasteiger partial charge in [-0.05, 0) is 37.4 Å². The molecule has 0 aliphatic carbocycles. The van der Waals surface area contributed by atoms with Crippen molar-refractivity contribution in [3.63, 3.8) is 0 Å². The van der Waals surface area contributed by atoms with Crippen LogP contribution in [0.1, 0.15) is 12.8 Å². The second-order valence-corrected chi connectivity index (χ2v) is 4.75. The molecule has 2 rings (SSSR count). The number of hydrogen-bond acceptors (Lipinski definition) is 3. The molecule has 0 fully saturated rings. The van der Waals surface area contributed by atoms with E-state index in [2.05, 4.69) is 10.6 Å². The van der Waals surface area contributed by atoms with E-state index in [0.29, 0.717) is 13.1 Å². The van der Waals surface area contributed by atoms with Crippen LogP contribution in [0.25, 0.3) is 10.8 Å². The predicted octanol–water partition coefficient (Wildman–Crippen LogP) is 2.11. The van der Waals surface area contributed by atoms with E-state index < -0.39 is 0 Å². The van der Waals surface area contributed by atoms with Crippen LogP contribution in [0.5, 0.6) is 0 Å². The molecule has 0 aliphatic rings. The highest BCUT2D eigenvalue weighted by atomic mass is 16.1. The third-order valence-corrected chi connectivity index (χ3v) is 3.16. The quantitative estimate of drug-likeness (QED) is 0.676. The Morgan fingerprint density at radius 3 is 2.70 bits per heavy atom. The van der Waals surface area contributed by atoms with Crippen molar-refractivity contribution in [3.8, 4) is 0 Å². The zero-order chi connectivity index (χ0) is 14.2. The molecule has 0 radical (unpaired) electrons. The topological polar surface area (TPSA) is 67.1 Å². The average Bonchev–Trinajstić information content (AvgIpc) is 2.47. The second-order valence-electron chi connectivity index (χ2n) is 4.75. The first kappa shape index (κ1) is 14.5. The van der Waals surface area contributed by atoms with Gasteiger partial charge in [-0.2, -0.15) is 0 Å². The summed E-state index contributed by atoms with van der Waals surface area (Å²) >= 11 is 0. The Kier molecular flexibility index (Phi) is 5.53. The lowest BCUT2D eigenvalue weighted by atomic mass is 10.1. The maximum atomic E-state index is 11.9. The molecule has 0 atom stereocenters. The predicted molar refractivity (Wildman–Crippen MR) is 83.7 cm³/mol. The highest BCUT2D eigenvalue weighted by Gasteiger charge is 2.04. The fourth-order valence-corrected chi connectivity index (χ4v) is 2.13. The van der Waals surface area contributed by atoms with Gasteiger partial charge in [-0.25, -0.2) is 0 Å². The highest BCUT2D eigenvalue weighted by Crippen LogP contribution is 2.22. The van der Waals surface area contributed by atoms with Crippen LogP contribution in [0.3, 0.4) is 0 Å². The lowest BCUT2D eigenvalue weighted by Gasteiger charge is -2.09. The molecular weight excluding hydrogens is 250 g/mol. The van der Waals surface area contributed by atoms with E-state index in [-0.39, 0.29) is 5.91 Å². The molecule has 2 aromatic rings. The van der Waals surface area contributed by atoms with Crippen LogP contribution in [-0.4, -0.2) is 25.5 Å². The molecule has 0 unspecified atom stereocenters. The van der Waals surface area contributed by atoms with Crippen molar-refractivity contribution in [2.24, 2.45) is 5.73 Å². The summed E-state index contributed by atoms with van der Waals surface area (Å²) in [5.41, 5.74) is 6.28. The van der Waals surface area contributed by atoms with Crippen molar-refractivity contribution < 1.29 is 4.79 Å². The van der Waals surface area contributed by atoms with Gasteiger partial charge in [0.15, 0.2) is 0 Å². The fourth-order valence-electron chi connectivity index (χ4n) is 2.13. The van der Waals surface area contributed by atoms with Crippen LogP contribution in [0.4, 0.5) is 5.69 Å². The number of fused-ring (bicyclic) bond motifs is 1. The molecule has 20 heavy (non-hydrogen) atoms. The summed E-state index contributed by atoms with van der Waals surface area (Å²) in [5, 5.41) is 8.26. The third kappa shape index (κ3) is 4.05. The molecule has 0 saturated carbocycles. The van der Waals surface area contributed by atoms with Crippen molar-refractivity contribution in [2.45, 2.75) is 12.8 Å². The Labute approximate surface area is 119 Å². The third-order valence-electron chi connectivity index (χ3n) is 3.16. The molecule has 2 aromatic carbocycles. The molecule has 0 saturated heterocycles. The summed E-state index contributed by atoms with van der Waals surface area (Å²) in [6.45, 7) is 1.85. The first-order chi connectivity index (χ1) is 9.81. The van der Waals surface area contributed by atoms with Crippen molar-refractivity contribution in [1.82, 2.24) is 5.32 Å². The minimum Gasteiger partial charge on any atom is -0.330 e. The number of nitrogens with two attached hydrogens (primary N) is 1. The van der Waals surface area contributed by atoms with E-state index in [9.17, 15) is 4.79 Å². The molecule has 0 aromatic heterocycles. The molecule has 0 aliphatic heterocycles. The first-order valence-corrected chi connectivity index (χ1v) is 6.99. The smallest absolute Gasteiger partial charge is 0.238 e. The van der Waals surface area contributed by atoms with Gasteiger partial charge in [-0.3, -0.25) is 4.79 Å². The zero-order valence-corrected chi connectivity index (χ0v) is 11.6. The summed E-state index contributed by atoms with van der Waals surface area (Å²) in [5.74, 6) is -0.0194. The van der Waals surface area contributed by atoms with Crippen LogP contribution in [0.15, 0.2) is 42.5 Å². The minimum atomic E-state index is -0.0194. The number of rotatable bonds is 7. The number of amides is 1. The Bertz CT molecular complexity index is 563. The van der Waals surface area contributed by atoms with Gasteiger partial charge in [0.25, 0.3) is 0 Å².